The number of rotatable bonds is 6. The lowest BCUT2D eigenvalue weighted by molar-refractivity contribution is -0.133. The van der Waals surface area contributed by atoms with Gasteiger partial charge in [-0.3, -0.25) is 9.78 Å². The summed E-state index contributed by atoms with van der Waals surface area (Å²) in [6.45, 7) is 4.58. The quantitative estimate of drug-likeness (QED) is 0.770. The number of hydrogen-bond donors (Lipinski definition) is 1. The molecular formula is C21H30Cl2N4O. The van der Waals surface area contributed by atoms with Gasteiger partial charge in [0.15, 0.2) is 0 Å². The fourth-order valence-electron chi connectivity index (χ4n) is 3.65. The summed E-state index contributed by atoms with van der Waals surface area (Å²) in [6.07, 6.45) is 5.67. The topological polar surface area (TPSA) is 62.5 Å². The number of amides is 1. The molecule has 0 radical (unpaired) electrons. The first-order valence-corrected chi connectivity index (χ1v) is 9.36. The third-order valence-electron chi connectivity index (χ3n) is 5.11. The van der Waals surface area contributed by atoms with Crippen LogP contribution in [-0.4, -0.2) is 41.5 Å². The highest BCUT2D eigenvalue weighted by molar-refractivity contribution is 5.85. The molecule has 1 aliphatic heterocycles. The monoisotopic (exact) mass is 424 g/mol. The molecule has 2 N–H and O–H groups in total. The van der Waals surface area contributed by atoms with E-state index >= 15 is 0 Å². The Labute approximate surface area is 180 Å². The fraction of sp³-hybridized carbons (Fsp3) is 0.429. The van der Waals surface area contributed by atoms with Gasteiger partial charge in [0, 0.05) is 43.8 Å². The average Bonchev–Trinajstić information content (AvgIpc) is 2.68. The second-order valence-electron chi connectivity index (χ2n) is 7.16. The van der Waals surface area contributed by atoms with Crippen LogP contribution in [-0.2, 0) is 11.3 Å². The number of hydrogen-bond acceptors (Lipinski definition) is 4. The molecule has 3 rings (SSSR count). The smallest absolute Gasteiger partial charge is 0.242 e. The van der Waals surface area contributed by atoms with Crippen molar-refractivity contribution in [1.82, 2.24) is 9.88 Å². The molecule has 5 nitrogen and oxygen atoms in total. The van der Waals surface area contributed by atoms with Crippen molar-refractivity contribution >= 4 is 36.4 Å². The summed E-state index contributed by atoms with van der Waals surface area (Å²) in [5.74, 6) is 0.785. The Bertz CT molecular complexity index is 702. The minimum atomic E-state index is 0. The minimum Gasteiger partial charge on any atom is -0.358 e. The second-order valence-corrected chi connectivity index (χ2v) is 7.16. The van der Waals surface area contributed by atoms with E-state index in [2.05, 4.69) is 16.8 Å². The van der Waals surface area contributed by atoms with Crippen LogP contribution < -0.4 is 10.6 Å². The molecule has 7 heteroatoms. The Balaban J connectivity index is 0.00000196. The van der Waals surface area contributed by atoms with Crippen molar-refractivity contribution in [3.8, 4) is 0 Å². The standard InChI is InChI=1S/C21H28N4O.2ClH/c1-17-9-11-25(20(12-17)13-22)21(26)16-24(19-7-3-2-4-8-19)15-18-6-5-10-23-14-18;;/h2-8,10,14,17,20H,9,11-13,15-16,22H2,1H3;2*1H. The maximum atomic E-state index is 13.1. The number of aromatic nitrogens is 1. The van der Waals surface area contributed by atoms with Crippen molar-refractivity contribution in [2.75, 3.05) is 24.5 Å². The molecule has 154 valence electrons. The Morgan fingerprint density at radius 2 is 1.96 bits per heavy atom. The van der Waals surface area contributed by atoms with Crippen LogP contribution >= 0.6 is 24.8 Å². The first-order chi connectivity index (χ1) is 12.7. The second kappa shape index (κ2) is 11.9. The Morgan fingerprint density at radius 3 is 2.61 bits per heavy atom. The van der Waals surface area contributed by atoms with Crippen molar-refractivity contribution in [3.63, 3.8) is 0 Å². The van der Waals surface area contributed by atoms with Gasteiger partial charge in [-0.2, -0.15) is 0 Å². The molecule has 1 fully saturated rings. The van der Waals surface area contributed by atoms with Crippen molar-refractivity contribution < 1.29 is 4.79 Å². The molecule has 1 amide bonds. The summed E-state index contributed by atoms with van der Waals surface area (Å²) in [5, 5.41) is 0. The molecule has 1 saturated heterocycles. The molecule has 2 heterocycles. The number of pyridine rings is 1. The minimum absolute atomic E-state index is 0. The van der Waals surface area contributed by atoms with Crippen LogP contribution in [0.3, 0.4) is 0 Å². The van der Waals surface area contributed by atoms with Crippen molar-refractivity contribution in [3.05, 3.63) is 60.4 Å². The van der Waals surface area contributed by atoms with Crippen LogP contribution in [0.15, 0.2) is 54.9 Å². The molecule has 0 aliphatic carbocycles. The van der Waals surface area contributed by atoms with E-state index in [9.17, 15) is 4.79 Å². The number of nitrogens with two attached hydrogens (primary N) is 1. The summed E-state index contributed by atoms with van der Waals surface area (Å²) in [7, 11) is 0. The van der Waals surface area contributed by atoms with Crippen molar-refractivity contribution in [2.45, 2.75) is 32.4 Å². The van der Waals surface area contributed by atoms with E-state index < -0.39 is 0 Å². The summed E-state index contributed by atoms with van der Waals surface area (Å²) in [5.41, 5.74) is 8.07. The number of para-hydroxylation sites is 1. The average molecular weight is 425 g/mol. The number of carbonyl (C=O) groups is 1. The zero-order valence-electron chi connectivity index (χ0n) is 16.2. The SMILES string of the molecule is CC1CCN(C(=O)CN(Cc2cccnc2)c2ccccc2)C(CN)C1.Cl.Cl. The molecule has 28 heavy (non-hydrogen) atoms. The van der Waals surface area contributed by atoms with Crippen LogP contribution in [0.25, 0.3) is 0 Å². The van der Waals surface area contributed by atoms with Crippen LogP contribution in [0.5, 0.6) is 0 Å². The first kappa shape index (κ1) is 24.2. The predicted octanol–water partition coefficient (Wildman–Crippen LogP) is 3.52. The number of nitrogens with zero attached hydrogens (tertiary/aromatic N) is 3. The summed E-state index contributed by atoms with van der Waals surface area (Å²) in [4.78, 5) is 21.4. The lowest BCUT2D eigenvalue weighted by atomic mass is 9.92. The van der Waals surface area contributed by atoms with Crippen LogP contribution in [0, 0.1) is 5.92 Å². The summed E-state index contributed by atoms with van der Waals surface area (Å²) >= 11 is 0. The van der Waals surface area contributed by atoms with Gasteiger partial charge in [-0.1, -0.05) is 31.2 Å². The summed E-state index contributed by atoms with van der Waals surface area (Å²) < 4.78 is 0. The van der Waals surface area contributed by atoms with Gasteiger partial charge in [0.2, 0.25) is 5.91 Å². The van der Waals surface area contributed by atoms with E-state index in [1.165, 1.54) is 0 Å². The van der Waals surface area contributed by atoms with Crippen molar-refractivity contribution in [1.29, 1.82) is 0 Å². The molecule has 2 aromatic rings. The Hall–Kier alpha value is -1.82. The maximum Gasteiger partial charge on any atom is 0.242 e. The number of benzene rings is 1. The Morgan fingerprint density at radius 1 is 1.21 bits per heavy atom. The van der Waals surface area contributed by atoms with Gasteiger partial charge in [-0.25, -0.2) is 0 Å². The van der Waals surface area contributed by atoms with Gasteiger partial charge in [-0.15, -0.1) is 24.8 Å². The molecule has 2 atom stereocenters. The van der Waals surface area contributed by atoms with E-state index in [4.69, 9.17) is 5.73 Å². The molecule has 1 aromatic heterocycles. The third-order valence-corrected chi connectivity index (χ3v) is 5.11. The first-order valence-electron chi connectivity index (χ1n) is 9.36. The summed E-state index contributed by atoms with van der Waals surface area (Å²) in [6, 6.07) is 14.2. The van der Waals surface area contributed by atoms with Gasteiger partial charge < -0.3 is 15.5 Å². The van der Waals surface area contributed by atoms with Gasteiger partial charge in [-0.05, 0) is 42.5 Å². The highest BCUT2D eigenvalue weighted by Gasteiger charge is 2.29. The highest BCUT2D eigenvalue weighted by atomic mass is 35.5. The van der Waals surface area contributed by atoms with Crippen LogP contribution in [0.2, 0.25) is 0 Å². The van der Waals surface area contributed by atoms with Gasteiger partial charge in [0.1, 0.15) is 0 Å². The molecule has 1 aliphatic rings. The zero-order valence-corrected chi connectivity index (χ0v) is 17.9. The third kappa shape index (κ3) is 6.36. The number of anilines is 1. The number of piperidine rings is 1. The molecular weight excluding hydrogens is 395 g/mol. The molecule has 0 saturated carbocycles. The lowest BCUT2D eigenvalue weighted by Crippen LogP contribution is -2.52. The van der Waals surface area contributed by atoms with E-state index in [-0.39, 0.29) is 36.8 Å². The number of halogens is 2. The normalized spacial score (nSPS) is 18.6. The van der Waals surface area contributed by atoms with Gasteiger partial charge >= 0.3 is 0 Å². The highest BCUT2D eigenvalue weighted by Crippen LogP contribution is 2.23. The van der Waals surface area contributed by atoms with Gasteiger partial charge in [0.05, 0.1) is 6.54 Å². The number of carbonyl (C=O) groups excluding carboxylic acids is 1. The van der Waals surface area contributed by atoms with Crippen LogP contribution in [0.1, 0.15) is 25.3 Å². The fourth-order valence-corrected chi connectivity index (χ4v) is 3.65. The molecule has 0 spiro atoms. The van der Waals surface area contributed by atoms with Crippen molar-refractivity contribution in [2.24, 2.45) is 11.7 Å². The Kier molecular flexibility index (Phi) is 10.3. The molecule has 0 bridgehead atoms. The van der Waals surface area contributed by atoms with E-state index in [0.717, 1.165) is 30.6 Å². The van der Waals surface area contributed by atoms with E-state index in [1.807, 2.05) is 53.6 Å². The zero-order chi connectivity index (χ0) is 18.4. The maximum absolute atomic E-state index is 13.1. The van der Waals surface area contributed by atoms with Gasteiger partial charge in [0.25, 0.3) is 0 Å². The largest absolute Gasteiger partial charge is 0.358 e. The lowest BCUT2D eigenvalue weighted by Gasteiger charge is -2.39. The molecule has 1 aromatic carbocycles. The predicted molar refractivity (Wildman–Crippen MR) is 119 cm³/mol. The van der Waals surface area contributed by atoms with Crippen LogP contribution in [0.4, 0.5) is 5.69 Å². The van der Waals surface area contributed by atoms with E-state index in [0.29, 0.717) is 25.6 Å². The molecule has 2 unspecified atom stereocenters. The van der Waals surface area contributed by atoms with E-state index in [1.54, 1.807) is 6.20 Å². The number of likely N-dealkylation sites (tertiary alicyclic amines) is 1.